The molecule has 3 heterocycles. The molecule has 0 radical (unpaired) electrons. The summed E-state index contributed by atoms with van der Waals surface area (Å²) in [7, 11) is 0. The highest BCUT2D eigenvalue weighted by Gasteiger charge is 2.61. The summed E-state index contributed by atoms with van der Waals surface area (Å²) in [5.74, 6) is 1.19. The van der Waals surface area contributed by atoms with E-state index < -0.39 is 5.54 Å². The number of carbonyl (C=O) groups is 1. The molecule has 2 fully saturated rings. The number of rotatable bonds is 7. The minimum absolute atomic E-state index is 0.0910. The Morgan fingerprint density at radius 3 is 2.20 bits per heavy atom. The molecule has 178 valence electrons. The highest BCUT2D eigenvalue weighted by Crippen LogP contribution is 2.53. The number of aliphatic imine (C=N–C) groups is 1. The average Bonchev–Trinajstić information content (AvgIpc) is 2.92. The van der Waals surface area contributed by atoms with Crippen molar-refractivity contribution in [2.45, 2.75) is 43.9 Å². The van der Waals surface area contributed by atoms with Gasteiger partial charge in [0.1, 0.15) is 5.54 Å². The minimum Gasteiger partial charge on any atom is -0.350 e. The van der Waals surface area contributed by atoms with Crippen LogP contribution in [0, 0.1) is 17.8 Å². The second kappa shape index (κ2) is 9.43. The maximum atomic E-state index is 14.0. The molecule has 3 aliphatic heterocycles. The van der Waals surface area contributed by atoms with Crippen LogP contribution in [-0.2, 0) is 24.3 Å². The van der Waals surface area contributed by atoms with Crippen LogP contribution in [0.2, 0.25) is 0 Å². The Morgan fingerprint density at radius 2 is 1.51 bits per heavy atom. The fourth-order valence-electron chi connectivity index (χ4n) is 6.78. The van der Waals surface area contributed by atoms with Gasteiger partial charge in [0.2, 0.25) is 5.91 Å². The molecule has 35 heavy (non-hydrogen) atoms. The van der Waals surface area contributed by atoms with Crippen LogP contribution in [0.15, 0.2) is 96.0 Å². The summed E-state index contributed by atoms with van der Waals surface area (Å²) in [6, 6.07) is 31.9. The van der Waals surface area contributed by atoms with Gasteiger partial charge in [0.25, 0.3) is 0 Å². The molecular formula is C31H33N3O. The summed E-state index contributed by atoms with van der Waals surface area (Å²) in [6.45, 7) is 2.55. The number of nitrogens with zero attached hydrogens (tertiary/aromatic N) is 2. The van der Waals surface area contributed by atoms with Crippen LogP contribution in [0.3, 0.4) is 0 Å². The molecule has 0 aromatic heterocycles. The van der Waals surface area contributed by atoms with E-state index in [1.165, 1.54) is 11.1 Å². The van der Waals surface area contributed by atoms with Gasteiger partial charge in [-0.1, -0.05) is 91.0 Å². The van der Waals surface area contributed by atoms with Crippen LogP contribution < -0.4 is 5.32 Å². The predicted octanol–water partition coefficient (Wildman–Crippen LogP) is 4.90. The molecule has 7 rings (SSSR count). The summed E-state index contributed by atoms with van der Waals surface area (Å²) in [5, 5.41) is 3.28. The standard InChI is InChI=1S/C31H33N3O/c35-30(32-20-24-12-6-2-7-13-24)31-19-26-16-17-34(22-25-14-8-3-9-15-25)29(27(26)21-33-31)28(31)18-23-10-4-1-5-11-23/h1-15,21,26-29H,16-20,22H2,(H,32,35)/t26-,27+,28+,29-,31-/m0/s1. The van der Waals surface area contributed by atoms with Gasteiger partial charge < -0.3 is 5.32 Å². The molecule has 4 heteroatoms. The van der Waals surface area contributed by atoms with Crippen molar-refractivity contribution in [1.82, 2.24) is 10.2 Å². The third-order valence-electron chi connectivity index (χ3n) is 8.44. The Kier molecular flexibility index (Phi) is 5.99. The largest absolute Gasteiger partial charge is 0.350 e. The Labute approximate surface area is 208 Å². The number of hydrogen-bond acceptors (Lipinski definition) is 3. The number of hydrogen-bond donors (Lipinski definition) is 1. The van der Waals surface area contributed by atoms with Crippen LogP contribution >= 0.6 is 0 Å². The number of likely N-dealkylation sites (tertiary alicyclic amines) is 1. The first kappa shape index (κ1) is 22.2. The van der Waals surface area contributed by atoms with Crippen molar-refractivity contribution in [2.24, 2.45) is 22.7 Å². The lowest BCUT2D eigenvalue weighted by Gasteiger charge is -2.60. The van der Waals surface area contributed by atoms with Crippen molar-refractivity contribution in [3.63, 3.8) is 0 Å². The Morgan fingerprint density at radius 1 is 0.886 bits per heavy atom. The molecule has 4 bridgehead atoms. The van der Waals surface area contributed by atoms with Gasteiger partial charge >= 0.3 is 0 Å². The molecule has 3 aromatic carbocycles. The fourth-order valence-corrected chi connectivity index (χ4v) is 6.78. The third-order valence-corrected chi connectivity index (χ3v) is 8.44. The number of benzene rings is 3. The molecule has 1 saturated heterocycles. The normalized spacial score (nSPS) is 29.1. The SMILES string of the molecule is O=C(NCc1ccccc1)[C@@]12C[C@@H]3CCN(Cc4ccccc4)[C@@H]([C@@H]3C=N1)[C@H]2Cc1ccccc1. The van der Waals surface area contributed by atoms with Crippen molar-refractivity contribution in [2.75, 3.05) is 6.54 Å². The monoisotopic (exact) mass is 463 g/mol. The number of carbonyl (C=O) groups excluding carboxylic acids is 1. The molecule has 1 N–H and O–H groups in total. The molecular weight excluding hydrogens is 430 g/mol. The van der Waals surface area contributed by atoms with E-state index in [2.05, 4.69) is 89.2 Å². The van der Waals surface area contributed by atoms with E-state index in [-0.39, 0.29) is 11.8 Å². The van der Waals surface area contributed by atoms with Crippen LogP contribution in [0.1, 0.15) is 29.5 Å². The summed E-state index contributed by atoms with van der Waals surface area (Å²) in [4.78, 5) is 21.7. The van der Waals surface area contributed by atoms with Crippen LogP contribution in [0.25, 0.3) is 0 Å². The number of nitrogens with one attached hydrogen (secondary N) is 1. The molecule has 1 aliphatic carbocycles. The third kappa shape index (κ3) is 4.21. The average molecular weight is 464 g/mol. The Balaban J connectivity index is 1.33. The van der Waals surface area contributed by atoms with E-state index in [4.69, 9.17) is 4.99 Å². The van der Waals surface area contributed by atoms with Gasteiger partial charge in [-0.05, 0) is 48.4 Å². The van der Waals surface area contributed by atoms with Crippen molar-refractivity contribution in [3.8, 4) is 0 Å². The zero-order valence-electron chi connectivity index (χ0n) is 20.1. The first-order chi connectivity index (χ1) is 17.2. The number of piperidine rings is 1. The van der Waals surface area contributed by atoms with E-state index in [1.54, 1.807) is 0 Å². The highest BCUT2D eigenvalue weighted by molar-refractivity contribution is 5.91. The maximum Gasteiger partial charge on any atom is 0.248 e. The van der Waals surface area contributed by atoms with Gasteiger partial charge in [0, 0.05) is 37.2 Å². The van der Waals surface area contributed by atoms with Gasteiger partial charge in [0.05, 0.1) is 0 Å². The van der Waals surface area contributed by atoms with Crippen LogP contribution in [0.4, 0.5) is 0 Å². The molecule has 3 aromatic rings. The molecule has 1 amide bonds. The van der Waals surface area contributed by atoms with Gasteiger partial charge in [-0.2, -0.15) is 0 Å². The van der Waals surface area contributed by atoms with Crippen molar-refractivity contribution < 1.29 is 4.79 Å². The topological polar surface area (TPSA) is 44.7 Å². The quantitative estimate of drug-likeness (QED) is 0.542. The zero-order chi connectivity index (χ0) is 23.7. The van der Waals surface area contributed by atoms with E-state index in [1.807, 2.05) is 18.2 Å². The highest BCUT2D eigenvalue weighted by atomic mass is 16.2. The lowest BCUT2D eigenvalue weighted by atomic mass is 9.55. The van der Waals surface area contributed by atoms with Gasteiger partial charge in [0.15, 0.2) is 0 Å². The predicted molar refractivity (Wildman–Crippen MR) is 140 cm³/mol. The molecule has 4 nitrogen and oxygen atoms in total. The second-order valence-corrected chi connectivity index (χ2v) is 10.4. The van der Waals surface area contributed by atoms with E-state index in [0.29, 0.717) is 24.4 Å². The lowest BCUT2D eigenvalue weighted by molar-refractivity contribution is -0.138. The Bertz CT molecular complexity index is 1180. The summed E-state index contributed by atoms with van der Waals surface area (Å²) in [5.41, 5.74) is 3.04. The summed E-state index contributed by atoms with van der Waals surface area (Å²) < 4.78 is 0. The smallest absolute Gasteiger partial charge is 0.248 e. The first-order valence-electron chi connectivity index (χ1n) is 12.9. The zero-order valence-corrected chi connectivity index (χ0v) is 20.1. The van der Waals surface area contributed by atoms with E-state index in [0.717, 1.165) is 37.9 Å². The van der Waals surface area contributed by atoms with Crippen molar-refractivity contribution in [3.05, 3.63) is 108 Å². The van der Waals surface area contributed by atoms with Crippen LogP contribution in [0.5, 0.6) is 0 Å². The summed E-state index contributed by atoms with van der Waals surface area (Å²) >= 11 is 0. The molecule has 0 unspecified atom stereocenters. The second-order valence-electron chi connectivity index (χ2n) is 10.4. The first-order valence-corrected chi connectivity index (χ1v) is 12.9. The molecule has 4 aliphatic rings. The van der Waals surface area contributed by atoms with Gasteiger partial charge in [-0.15, -0.1) is 0 Å². The van der Waals surface area contributed by atoms with Crippen molar-refractivity contribution >= 4 is 12.1 Å². The van der Waals surface area contributed by atoms with Crippen molar-refractivity contribution in [1.29, 1.82) is 0 Å². The molecule has 0 spiro atoms. The van der Waals surface area contributed by atoms with Gasteiger partial charge in [-0.3, -0.25) is 14.7 Å². The fraction of sp³-hybridized carbons (Fsp3) is 0.355. The molecule has 5 atom stereocenters. The number of amides is 1. The summed E-state index contributed by atoms with van der Waals surface area (Å²) in [6.07, 6.45) is 5.02. The lowest BCUT2D eigenvalue weighted by Crippen LogP contribution is -2.70. The minimum atomic E-state index is -0.704. The van der Waals surface area contributed by atoms with E-state index >= 15 is 0 Å². The van der Waals surface area contributed by atoms with E-state index in [9.17, 15) is 4.79 Å². The maximum absolute atomic E-state index is 14.0. The van der Waals surface area contributed by atoms with Gasteiger partial charge in [-0.25, -0.2) is 0 Å². The Hall–Kier alpha value is -3.24. The van der Waals surface area contributed by atoms with Crippen LogP contribution in [-0.4, -0.2) is 35.1 Å². The molecule has 1 saturated carbocycles.